The largest absolute Gasteiger partial charge is 0.294 e. The molecule has 0 atom stereocenters. The fourth-order valence-corrected chi connectivity index (χ4v) is 0.964. The molecular weight excluding hydrogens is 259 g/mol. The van der Waals surface area contributed by atoms with E-state index in [1.807, 2.05) is 0 Å². The predicted octanol–water partition coefficient (Wildman–Crippen LogP) is 0.291. The minimum atomic E-state index is -0.228. The zero-order valence-corrected chi connectivity index (χ0v) is 7.65. The molecule has 0 saturated carbocycles. The molecule has 0 saturated heterocycles. The van der Waals surface area contributed by atoms with E-state index in [1.54, 1.807) is 35.0 Å². The molecule has 5 heteroatoms. The van der Waals surface area contributed by atoms with Gasteiger partial charge in [-0.15, -0.1) is 0 Å². The van der Waals surface area contributed by atoms with Crippen molar-refractivity contribution >= 4 is 28.8 Å². The van der Waals surface area contributed by atoms with Crippen LogP contribution in [0.1, 0.15) is 10.4 Å². The molecule has 0 radical (unpaired) electrons. The van der Waals surface area contributed by atoms with Crippen molar-refractivity contribution in [2.24, 2.45) is 0 Å². The highest BCUT2D eigenvalue weighted by Crippen LogP contribution is 1.94. The molecule has 11 heavy (non-hydrogen) atoms. The van der Waals surface area contributed by atoms with Crippen LogP contribution < -0.4 is 8.26 Å². The third-order valence-electron chi connectivity index (χ3n) is 1.13. The Morgan fingerprint density at radius 2 is 2.45 bits per heavy atom. The number of carbonyl (C=O) groups excluding carboxylic acids is 1. The van der Waals surface area contributed by atoms with Crippen LogP contribution in [0.2, 0.25) is 0 Å². The first-order chi connectivity index (χ1) is 5.24. The van der Waals surface area contributed by atoms with Gasteiger partial charge in [0.1, 0.15) is 5.56 Å². The molecule has 1 amide bonds. The van der Waals surface area contributed by atoms with Gasteiger partial charge in [-0.25, -0.2) is 0 Å². The molecule has 0 fully saturated rings. The van der Waals surface area contributed by atoms with Crippen LogP contribution in [0.25, 0.3) is 0 Å². The van der Waals surface area contributed by atoms with Gasteiger partial charge in [-0.2, -0.15) is 0 Å². The third kappa shape index (κ3) is 2.04. The number of pyridine rings is 1. The molecule has 1 aromatic rings. The van der Waals surface area contributed by atoms with Gasteiger partial charge in [-0.1, -0.05) is 0 Å². The second kappa shape index (κ2) is 3.51. The zero-order chi connectivity index (χ0) is 8.27. The Kier molecular flexibility index (Phi) is 2.64. The van der Waals surface area contributed by atoms with Gasteiger partial charge in [0.25, 0.3) is 5.91 Å². The van der Waals surface area contributed by atoms with Crippen molar-refractivity contribution in [1.29, 1.82) is 0 Å². The average Bonchev–Trinajstić information content (AvgIpc) is 2.03. The van der Waals surface area contributed by atoms with Gasteiger partial charge in [0.2, 0.25) is 12.4 Å². The molecule has 0 aliphatic carbocycles. The average molecular weight is 265 g/mol. The summed E-state index contributed by atoms with van der Waals surface area (Å²) in [5, 5.41) is 8.89. The van der Waals surface area contributed by atoms with Crippen LogP contribution >= 0.6 is 22.9 Å². The van der Waals surface area contributed by atoms with Gasteiger partial charge < -0.3 is 0 Å². The fourth-order valence-electron chi connectivity index (χ4n) is 0.652. The summed E-state index contributed by atoms with van der Waals surface area (Å²) in [5.74, 6) is -0.228. The van der Waals surface area contributed by atoms with Crippen LogP contribution in [-0.4, -0.2) is 11.1 Å². The van der Waals surface area contributed by atoms with Crippen LogP contribution in [-0.2, 0) is 0 Å². The van der Waals surface area contributed by atoms with Crippen LogP contribution in [0.3, 0.4) is 0 Å². The normalized spacial score (nSPS) is 9.18. The van der Waals surface area contributed by atoms with Gasteiger partial charge >= 0.3 is 0 Å². The summed E-state index contributed by atoms with van der Waals surface area (Å²) in [6, 6.07) is 3.20. The molecule has 0 aliphatic heterocycles. The van der Waals surface area contributed by atoms with E-state index in [-0.39, 0.29) is 5.91 Å². The van der Waals surface area contributed by atoms with Crippen molar-refractivity contribution in [2.45, 2.75) is 0 Å². The predicted molar refractivity (Wildman–Crippen MR) is 45.3 cm³/mol. The molecule has 0 aromatic carbocycles. The van der Waals surface area contributed by atoms with Crippen LogP contribution in [0, 0.1) is 0 Å². The van der Waals surface area contributed by atoms with Gasteiger partial charge in [0.15, 0.2) is 0 Å². The number of hydrogen-bond acceptors (Lipinski definition) is 2. The summed E-state index contributed by atoms with van der Waals surface area (Å²) in [7, 11) is 0. The quantitative estimate of drug-likeness (QED) is 0.332. The number of rotatable bonds is 1. The lowest BCUT2D eigenvalue weighted by molar-refractivity contribution is -0.904. The number of aromatic nitrogens is 1. The van der Waals surface area contributed by atoms with Crippen molar-refractivity contribution in [3.63, 3.8) is 0 Å². The van der Waals surface area contributed by atoms with Crippen molar-refractivity contribution in [3.05, 3.63) is 30.1 Å². The second-order valence-electron chi connectivity index (χ2n) is 1.90. The van der Waals surface area contributed by atoms with Crippen molar-refractivity contribution in [1.82, 2.24) is 3.53 Å². The maximum Gasteiger partial charge on any atom is 0.266 e. The third-order valence-corrected chi connectivity index (χ3v) is 1.62. The molecule has 0 spiro atoms. The standard InChI is InChI=1S/C6H5IN2O2/c7-8-6(10)5-2-1-3-9(11)4-5/h1-4H,(H-,8,10,11)/p+1. The maximum absolute atomic E-state index is 10.9. The molecule has 58 valence electrons. The fraction of sp³-hybridized carbons (Fsp3) is 0. The van der Waals surface area contributed by atoms with E-state index in [0.717, 1.165) is 4.73 Å². The molecular formula is C6H6IN2O2+. The van der Waals surface area contributed by atoms with Crippen molar-refractivity contribution in [3.8, 4) is 0 Å². The number of nitrogens with zero attached hydrogens (tertiary/aromatic N) is 1. The van der Waals surface area contributed by atoms with E-state index in [4.69, 9.17) is 5.21 Å². The Bertz CT molecular complexity index is 277. The highest BCUT2D eigenvalue weighted by Gasteiger charge is 2.07. The summed E-state index contributed by atoms with van der Waals surface area (Å²) < 4.78 is 3.25. The minimum Gasteiger partial charge on any atom is -0.294 e. The smallest absolute Gasteiger partial charge is 0.266 e. The Balaban J connectivity index is 2.96. The van der Waals surface area contributed by atoms with Gasteiger partial charge in [-0.3, -0.25) is 13.5 Å². The van der Waals surface area contributed by atoms with Crippen molar-refractivity contribution in [2.75, 3.05) is 0 Å². The van der Waals surface area contributed by atoms with Gasteiger partial charge in [0.05, 0.1) is 22.9 Å². The number of halogens is 1. The second-order valence-corrected chi connectivity index (χ2v) is 2.44. The summed E-state index contributed by atoms with van der Waals surface area (Å²) >= 11 is 1.74. The highest BCUT2D eigenvalue weighted by molar-refractivity contribution is 14.1. The molecule has 1 aromatic heterocycles. The number of hydrogen-bond donors (Lipinski definition) is 2. The van der Waals surface area contributed by atoms with Gasteiger partial charge in [-0.05, 0) is 6.07 Å². The highest BCUT2D eigenvalue weighted by atomic mass is 127. The summed E-state index contributed by atoms with van der Waals surface area (Å²) in [6.07, 6.45) is 2.76. The molecule has 0 aliphatic rings. The van der Waals surface area contributed by atoms with E-state index in [1.165, 1.54) is 12.4 Å². The minimum absolute atomic E-state index is 0.228. The first kappa shape index (κ1) is 8.25. The molecule has 2 N–H and O–H groups in total. The first-order valence-electron chi connectivity index (χ1n) is 2.85. The van der Waals surface area contributed by atoms with E-state index in [0.29, 0.717) is 5.56 Å². The number of carbonyl (C=O) groups is 1. The van der Waals surface area contributed by atoms with Gasteiger partial charge in [0, 0.05) is 10.8 Å². The summed E-state index contributed by atoms with van der Waals surface area (Å²) in [6.45, 7) is 0. The van der Waals surface area contributed by atoms with Crippen LogP contribution in [0.5, 0.6) is 0 Å². The Morgan fingerprint density at radius 1 is 1.73 bits per heavy atom. The number of nitrogens with one attached hydrogen (secondary N) is 1. The zero-order valence-electron chi connectivity index (χ0n) is 5.49. The summed E-state index contributed by atoms with van der Waals surface area (Å²) in [5.41, 5.74) is 0.421. The topological polar surface area (TPSA) is 53.2 Å². The first-order valence-corrected chi connectivity index (χ1v) is 3.93. The molecule has 4 nitrogen and oxygen atoms in total. The van der Waals surface area contributed by atoms with Crippen LogP contribution in [0.4, 0.5) is 0 Å². The monoisotopic (exact) mass is 265 g/mol. The lowest BCUT2D eigenvalue weighted by Gasteiger charge is -1.92. The Labute approximate surface area is 77.3 Å². The maximum atomic E-state index is 10.9. The molecule has 1 heterocycles. The molecule has 0 unspecified atom stereocenters. The molecule has 1 rings (SSSR count). The van der Waals surface area contributed by atoms with E-state index in [2.05, 4.69) is 3.53 Å². The van der Waals surface area contributed by atoms with E-state index < -0.39 is 0 Å². The Morgan fingerprint density at radius 3 is 3.00 bits per heavy atom. The lowest BCUT2D eigenvalue weighted by Crippen LogP contribution is -2.30. The van der Waals surface area contributed by atoms with E-state index in [9.17, 15) is 4.79 Å². The Hall–Kier alpha value is -0.850. The van der Waals surface area contributed by atoms with Crippen LogP contribution in [0.15, 0.2) is 24.5 Å². The van der Waals surface area contributed by atoms with E-state index >= 15 is 0 Å². The lowest BCUT2D eigenvalue weighted by atomic mass is 10.3. The number of amides is 1. The van der Waals surface area contributed by atoms with Crippen molar-refractivity contribution < 1.29 is 14.7 Å². The molecule has 0 bridgehead atoms. The SMILES string of the molecule is O=C(NI)c1ccc[n+](O)c1. The summed E-state index contributed by atoms with van der Waals surface area (Å²) in [4.78, 5) is 10.9.